The number of aromatic amines is 1. The number of H-pyrrole nitrogens is 1. The van der Waals surface area contributed by atoms with Crippen molar-refractivity contribution in [3.8, 4) is 0 Å². The fourth-order valence-electron chi connectivity index (χ4n) is 3.60. The molecular formula is C22H29N5O2. The normalized spacial score (nSPS) is 11.3. The molecule has 0 aliphatic rings. The molecule has 2 heterocycles. The van der Waals surface area contributed by atoms with Gasteiger partial charge in [-0.2, -0.15) is 0 Å². The number of fused-ring (bicyclic) bond motifs is 1. The van der Waals surface area contributed by atoms with E-state index in [1.165, 1.54) is 4.57 Å². The van der Waals surface area contributed by atoms with Crippen molar-refractivity contribution in [2.24, 2.45) is 5.92 Å². The summed E-state index contributed by atoms with van der Waals surface area (Å²) in [5.74, 6) is 0.522. The lowest BCUT2D eigenvalue weighted by atomic mass is 10.1. The Morgan fingerprint density at radius 3 is 2.69 bits per heavy atom. The Morgan fingerprint density at radius 2 is 1.97 bits per heavy atom. The molecule has 7 nitrogen and oxygen atoms in total. The monoisotopic (exact) mass is 395 g/mol. The summed E-state index contributed by atoms with van der Waals surface area (Å²) in [5.41, 5.74) is 7.71. The van der Waals surface area contributed by atoms with Gasteiger partial charge in [-0.05, 0) is 24.0 Å². The summed E-state index contributed by atoms with van der Waals surface area (Å²) in [6.45, 7) is 7.81. The van der Waals surface area contributed by atoms with E-state index in [2.05, 4.69) is 23.8 Å². The topological polar surface area (TPSA) is 97.0 Å². The van der Waals surface area contributed by atoms with Crippen molar-refractivity contribution in [3.63, 3.8) is 0 Å². The predicted molar refractivity (Wildman–Crippen MR) is 118 cm³/mol. The second-order valence-corrected chi connectivity index (χ2v) is 7.76. The Hall–Kier alpha value is -3.09. The van der Waals surface area contributed by atoms with E-state index in [0.717, 1.165) is 29.3 Å². The Balaban J connectivity index is 2.10. The maximum atomic E-state index is 12.8. The summed E-state index contributed by atoms with van der Waals surface area (Å²) in [6.07, 6.45) is 3.51. The molecule has 0 radical (unpaired) electrons. The molecule has 3 N–H and O–H groups in total. The third-order valence-electron chi connectivity index (χ3n) is 4.93. The molecule has 0 amide bonds. The molecule has 2 aromatic heterocycles. The predicted octanol–water partition coefficient (Wildman–Crippen LogP) is 3.13. The third-order valence-corrected chi connectivity index (χ3v) is 4.93. The molecule has 7 heteroatoms. The number of pyridine rings is 1. The van der Waals surface area contributed by atoms with Crippen LogP contribution in [0, 0.1) is 5.92 Å². The molecule has 0 saturated carbocycles. The number of nitrogens with one attached hydrogen (secondary N) is 1. The van der Waals surface area contributed by atoms with Gasteiger partial charge in [0.2, 0.25) is 0 Å². The van der Waals surface area contributed by atoms with Crippen molar-refractivity contribution in [2.45, 2.75) is 46.7 Å². The van der Waals surface area contributed by atoms with Crippen LogP contribution in [0.15, 0.2) is 46.1 Å². The SMILES string of the molecule is CCCCn1c(N)c(N(Cc2cccc3cccnc23)CC(C)C)c(=O)[nH]c1=O. The van der Waals surface area contributed by atoms with Crippen LogP contribution in [0.3, 0.4) is 0 Å². The maximum Gasteiger partial charge on any atom is 0.330 e. The van der Waals surface area contributed by atoms with Crippen molar-refractivity contribution >= 4 is 22.4 Å². The molecule has 0 bridgehead atoms. The number of unbranched alkanes of at least 4 members (excludes halogenated alkanes) is 1. The van der Waals surface area contributed by atoms with Crippen LogP contribution in [0.2, 0.25) is 0 Å². The number of hydrogen-bond donors (Lipinski definition) is 2. The van der Waals surface area contributed by atoms with Crippen LogP contribution in [0.1, 0.15) is 39.2 Å². The zero-order chi connectivity index (χ0) is 21.0. The van der Waals surface area contributed by atoms with E-state index in [-0.39, 0.29) is 5.82 Å². The Morgan fingerprint density at radius 1 is 1.21 bits per heavy atom. The van der Waals surface area contributed by atoms with Crippen LogP contribution in [0.4, 0.5) is 11.5 Å². The van der Waals surface area contributed by atoms with Crippen molar-refractivity contribution in [1.82, 2.24) is 14.5 Å². The minimum Gasteiger partial charge on any atom is -0.383 e. The molecule has 29 heavy (non-hydrogen) atoms. The highest BCUT2D eigenvalue weighted by Crippen LogP contribution is 2.24. The average Bonchev–Trinajstić information content (AvgIpc) is 2.67. The van der Waals surface area contributed by atoms with Gasteiger partial charge in [-0.25, -0.2) is 4.79 Å². The van der Waals surface area contributed by atoms with Gasteiger partial charge in [0.1, 0.15) is 11.5 Å². The number of anilines is 2. The summed E-state index contributed by atoms with van der Waals surface area (Å²) >= 11 is 0. The first-order valence-electron chi connectivity index (χ1n) is 10.1. The Kier molecular flexibility index (Phi) is 6.36. The van der Waals surface area contributed by atoms with Gasteiger partial charge >= 0.3 is 5.69 Å². The molecule has 154 valence electrons. The van der Waals surface area contributed by atoms with Crippen LogP contribution in [0.25, 0.3) is 10.9 Å². The lowest BCUT2D eigenvalue weighted by Crippen LogP contribution is -2.39. The standard InChI is InChI=1S/C22H29N5O2/c1-4-5-12-27-20(23)19(21(28)25-22(27)29)26(13-15(2)3)14-17-9-6-8-16-10-7-11-24-18(16)17/h6-11,15H,4-5,12-14,23H2,1-3H3,(H,25,28,29). The van der Waals surface area contributed by atoms with Gasteiger partial charge in [0.15, 0.2) is 0 Å². The molecule has 3 rings (SSSR count). The van der Waals surface area contributed by atoms with E-state index < -0.39 is 11.2 Å². The van der Waals surface area contributed by atoms with E-state index in [4.69, 9.17) is 5.73 Å². The molecule has 0 unspecified atom stereocenters. The number of nitrogens with two attached hydrogens (primary N) is 1. The zero-order valence-electron chi connectivity index (χ0n) is 17.3. The fourth-order valence-corrected chi connectivity index (χ4v) is 3.60. The van der Waals surface area contributed by atoms with Crippen LogP contribution in [-0.2, 0) is 13.1 Å². The van der Waals surface area contributed by atoms with E-state index in [1.54, 1.807) is 6.20 Å². The molecule has 0 fully saturated rings. The number of hydrogen-bond acceptors (Lipinski definition) is 5. The van der Waals surface area contributed by atoms with E-state index in [9.17, 15) is 9.59 Å². The largest absolute Gasteiger partial charge is 0.383 e. The van der Waals surface area contributed by atoms with E-state index in [1.807, 2.05) is 42.2 Å². The minimum atomic E-state index is -0.457. The first kappa shape index (κ1) is 20.6. The molecule has 0 saturated heterocycles. The van der Waals surface area contributed by atoms with Gasteiger partial charge in [-0.15, -0.1) is 0 Å². The quantitative estimate of drug-likeness (QED) is 0.611. The summed E-state index contributed by atoms with van der Waals surface area (Å²) in [4.78, 5) is 34.0. The van der Waals surface area contributed by atoms with Crippen molar-refractivity contribution in [3.05, 3.63) is 62.9 Å². The Bertz CT molecular complexity index is 1100. The third kappa shape index (κ3) is 4.50. The molecule has 1 aromatic carbocycles. The van der Waals surface area contributed by atoms with Gasteiger partial charge in [0.25, 0.3) is 5.56 Å². The smallest absolute Gasteiger partial charge is 0.330 e. The maximum absolute atomic E-state index is 12.8. The van der Waals surface area contributed by atoms with Gasteiger partial charge in [-0.1, -0.05) is 51.5 Å². The fraction of sp³-hybridized carbons (Fsp3) is 0.409. The number of aromatic nitrogens is 3. The molecule has 0 spiro atoms. The van der Waals surface area contributed by atoms with Gasteiger partial charge in [0.05, 0.1) is 5.52 Å². The molecule has 0 aliphatic heterocycles. The Labute approximate surface area is 170 Å². The summed E-state index contributed by atoms with van der Waals surface area (Å²) < 4.78 is 1.47. The zero-order valence-corrected chi connectivity index (χ0v) is 17.3. The van der Waals surface area contributed by atoms with Crippen molar-refractivity contribution < 1.29 is 0 Å². The summed E-state index contributed by atoms with van der Waals surface area (Å²) in [6, 6.07) is 9.95. The number of rotatable bonds is 8. The van der Waals surface area contributed by atoms with E-state index >= 15 is 0 Å². The molecule has 0 aliphatic carbocycles. The van der Waals surface area contributed by atoms with Crippen LogP contribution in [0.5, 0.6) is 0 Å². The summed E-state index contributed by atoms with van der Waals surface area (Å²) in [7, 11) is 0. The second kappa shape index (κ2) is 8.94. The van der Waals surface area contributed by atoms with Gasteiger partial charge in [0, 0.05) is 31.2 Å². The van der Waals surface area contributed by atoms with Crippen molar-refractivity contribution in [2.75, 3.05) is 17.2 Å². The number of nitrogen functional groups attached to an aromatic ring is 1. The highest BCUT2D eigenvalue weighted by Gasteiger charge is 2.20. The summed E-state index contributed by atoms with van der Waals surface area (Å²) in [5, 5.41) is 1.05. The number of para-hydroxylation sites is 1. The second-order valence-electron chi connectivity index (χ2n) is 7.76. The first-order chi connectivity index (χ1) is 13.9. The van der Waals surface area contributed by atoms with Crippen molar-refractivity contribution in [1.29, 1.82) is 0 Å². The molecular weight excluding hydrogens is 366 g/mol. The number of nitrogens with zero attached hydrogens (tertiary/aromatic N) is 3. The van der Waals surface area contributed by atoms with E-state index in [0.29, 0.717) is 31.2 Å². The lowest BCUT2D eigenvalue weighted by Gasteiger charge is -2.28. The highest BCUT2D eigenvalue weighted by atomic mass is 16.2. The lowest BCUT2D eigenvalue weighted by molar-refractivity contribution is 0.586. The van der Waals surface area contributed by atoms with Gasteiger partial charge in [-0.3, -0.25) is 19.3 Å². The van der Waals surface area contributed by atoms with Crippen LogP contribution in [-0.4, -0.2) is 21.1 Å². The average molecular weight is 396 g/mol. The molecule has 3 aromatic rings. The van der Waals surface area contributed by atoms with Crippen LogP contribution < -0.4 is 21.9 Å². The van der Waals surface area contributed by atoms with Crippen LogP contribution >= 0.6 is 0 Å². The first-order valence-corrected chi connectivity index (χ1v) is 10.1. The minimum absolute atomic E-state index is 0.223. The van der Waals surface area contributed by atoms with Gasteiger partial charge < -0.3 is 10.6 Å². The molecule has 0 atom stereocenters. The highest BCUT2D eigenvalue weighted by molar-refractivity contribution is 5.82. The number of benzene rings is 1.